The Morgan fingerprint density at radius 2 is 1.60 bits per heavy atom. The first-order chi connectivity index (χ1) is 6.95. The minimum atomic E-state index is -0.187. The van der Waals surface area contributed by atoms with Gasteiger partial charge in [0.2, 0.25) is 11.8 Å². The summed E-state index contributed by atoms with van der Waals surface area (Å²) in [6.45, 7) is 2.46. The number of unbranched alkanes of at least 4 members (excludes halogenated alkanes) is 2. The van der Waals surface area contributed by atoms with Crippen molar-refractivity contribution in [2.45, 2.75) is 32.6 Å². The van der Waals surface area contributed by atoms with E-state index < -0.39 is 0 Å². The van der Waals surface area contributed by atoms with E-state index >= 15 is 0 Å². The van der Waals surface area contributed by atoms with Crippen LogP contribution in [0.4, 0.5) is 0 Å². The van der Waals surface area contributed by atoms with E-state index in [1.165, 1.54) is 18.9 Å². The third kappa shape index (κ3) is 7.08. The first-order valence-corrected chi connectivity index (χ1v) is 5.37. The molecule has 0 heterocycles. The number of carbonyl (C=O) groups is 2. The Labute approximate surface area is 92.2 Å². The van der Waals surface area contributed by atoms with Gasteiger partial charge in [0.25, 0.3) is 0 Å². The molecule has 0 bridgehead atoms. The second-order valence-corrected chi connectivity index (χ2v) is 4.09. The first-order valence-electron chi connectivity index (χ1n) is 5.37. The van der Waals surface area contributed by atoms with Crippen molar-refractivity contribution in [1.82, 2.24) is 9.80 Å². The molecule has 2 amide bonds. The highest BCUT2D eigenvalue weighted by molar-refractivity contribution is 5.93. The lowest BCUT2D eigenvalue weighted by molar-refractivity contribution is -0.141. The summed E-state index contributed by atoms with van der Waals surface area (Å²) >= 11 is 0. The molecule has 0 rings (SSSR count). The Morgan fingerprint density at radius 3 is 2.07 bits per heavy atom. The molecule has 15 heavy (non-hydrogen) atoms. The van der Waals surface area contributed by atoms with Gasteiger partial charge in [-0.3, -0.25) is 14.5 Å². The molecule has 0 saturated heterocycles. The summed E-state index contributed by atoms with van der Waals surface area (Å²) in [6.07, 6.45) is 3.48. The Kier molecular flexibility index (Phi) is 6.96. The lowest BCUT2D eigenvalue weighted by Crippen LogP contribution is -2.30. The number of rotatable bonds is 6. The summed E-state index contributed by atoms with van der Waals surface area (Å²) in [7, 11) is 5.61. The molecule has 0 saturated carbocycles. The molecule has 0 aromatic heterocycles. The summed E-state index contributed by atoms with van der Waals surface area (Å²) in [5.41, 5.74) is 0. The van der Waals surface area contributed by atoms with Gasteiger partial charge in [0.15, 0.2) is 0 Å². The molecular weight excluding hydrogens is 192 g/mol. The molecule has 4 heteroatoms. The molecular formula is C11H22N2O2. The van der Waals surface area contributed by atoms with Crippen LogP contribution in [-0.2, 0) is 9.59 Å². The van der Waals surface area contributed by atoms with Crippen molar-refractivity contribution in [2.75, 3.05) is 27.7 Å². The van der Waals surface area contributed by atoms with Crippen molar-refractivity contribution < 1.29 is 9.59 Å². The number of hydrogen-bond donors (Lipinski definition) is 0. The lowest BCUT2D eigenvalue weighted by atomic mass is 10.2. The largest absolute Gasteiger partial charge is 0.309 e. The van der Waals surface area contributed by atoms with Crippen LogP contribution in [0.3, 0.4) is 0 Å². The molecule has 0 spiro atoms. The van der Waals surface area contributed by atoms with Gasteiger partial charge in [0.1, 0.15) is 0 Å². The zero-order valence-corrected chi connectivity index (χ0v) is 10.2. The third-order valence-corrected chi connectivity index (χ3v) is 2.34. The number of carbonyl (C=O) groups excluding carboxylic acids is 2. The zero-order chi connectivity index (χ0) is 11.8. The van der Waals surface area contributed by atoms with Crippen molar-refractivity contribution in [2.24, 2.45) is 0 Å². The van der Waals surface area contributed by atoms with E-state index in [1.54, 1.807) is 0 Å². The fourth-order valence-electron chi connectivity index (χ4n) is 1.22. The van der Waals surface area contributed by atoms with E-state index in [2.05, 4.69) is 4.90 Å². The molecule has 4 nitrogen and oxygen atoms in total. The molecule has 0 atom stereocenters. The Morgan fingerprint density at radius 1 is 1.00 bits per heavy atom. The minimum absolute atomic E-state index is 0.0765. The van der Waals surface area contributed by atoms with Crippen LogP contribution in [0, 0.1) is 0 Å². The average molecular weight is 214 g/mol. The van der Waals surface area contributed by atoms with Crippen LogP contribution >= 0.6 is 0 Å². The first kappa shape index (κ1) is 14.1. The highest BCUT2D eigenvalue weighted by atomic mass is 16.2. The van der Waals surface area contributed by atoms with E-state index in [0.29, 0.717) is 6.42 Å². The van der Waals surface area contributed by atoms with E-state index in [0.717, 1.165) is 25.8 Å². The highest BCUT2D eigenvalue weighted by Crippen LogP contribution is 2.03. The monoisotopic (exact) mass is 214 g/mol. The van der Waals surface area contributed by atoms with Gasteiger partial charge in [-0.1, -0.05) is 6.42 Å². The SMILES string of the molecule is CC(=O)N(C)C(=O)CCCCCN(C)C. The maximum absolute atomic E-state index is 11.4. The maximum atomic E-state index is 11.4. The fraction of sp³-hybridized carbons (Fsp3) is 0.818. The van der Waals surface area contributed by atoms with Gasteiger partial charge in [0.05, 0.1) is 0 Å². The van der Waals surface area contributed by atoms with Gasteiger partial charge in [-0.2, -0.15) is 0 Å². The number of amides is 2. The summed E-state index contributed by atoms with van der Waals surface area (Å²) in [4.78, 5) is 25.6. The predicted molar refractivity (Wildman–Crippen MR) is 60.5 cm³/mol. The summed E-state index contributed by atoms with van der Waals surface area (Å²) in [6, 6.07) is 0. The van der Waals surface area contributed by atoms with Gasteiger partial charge in [-0.25, -0.2) is 0 Å². The van der Waals surface area contributed by atoms with Crippen molar-refractivity contribution in [3.63, 3.8) is 0 Å². The fourth-order valence-corrected chi connectivity index (χ4v) is 1.22. The quantitative estimate of drug-likeness (QED) is 0.622. The van der Waals surface area contributed by atoms with Crippen molar-refractivity contribution in [1.29, 1.82) is 0 Å². The molecule has 0 aliphatic heterocycles. The van der Waals surface area contributed by atoms with Crippen LogP contribution in [0.1, 0.15) is 32.6 Å². The molecule has 0 fully saturated rings. The zero-order valence-electron chi connectivity index (χ0n) is 10.2. The van der Waals surface area contributed by atoms with Crippen LogP contribution in [0.15, 0.2) is 0 Å². The molecule has 0 aromatic carbocycles. The summed E-state index contributed by atoms with van der Waals surface area (Å²) in [5, 5.41) is 0. The van der Waals surface area contributed by atoms with Gasteiger partial charge in [-0.05, 0) is 33.5 Å². The van der Waals surface area contributed by atoms with Crippen LogP contribution in [0.5, 0.6) is 0 Å². The molecule has 0 N–H and O–H groups in total. The topological polar surface area (TPSA) is 40.6 Å². The van der Waals surface area contributed by atoms with E-state index in [4.69, 9.17) is 0 Å². The molecule has 0 aliphatic carbocycles. The van der Waals surface area contributed by atoms with Crippen LogP contribution < -0.4 is 0 Å². The van der Waals surface area contributed by atoms with E-state index in [9.17, 15) is 9.59 Å². The number of hydrogen-bond acceptors (Lipinski definition) is 3. The molecule has 0 aliphatic rings. The average Bonchev–Trinajstić information content (AvgIpc) is 2.15. The smallest absolute Gasteiger partial charge is 0.228 e. The standard InChI is InChI=1S/C11H22N2O2/c1-10(14)13(4)11(15)8-6-5-7-9-12(2)3/h5-9H2,1-4H3. The van der Waals surface area contributed by atoms with Crippen molar-refractivity contribution in [3.8, 4) is 0 Å². The number of imide groups is 1. The van der Waals surface area contributed by atoms with Gasteiger partial charge in [-0.15, -0.1) is 0 Å². The Balaban J connectivity index is 3.51. The third-order valence-electron chi connectivity index (χ3n) is 2.34. The minimum Gasteiger partial charge on any atom is -0.309 e. The van der Waals surface area contributed by atoms with Crippen LogP contribution in [-0.4, -0.2) is 49.3 Å². The predicted octanol–water partition coefficient (Wildman–Crippen LogP) is 1.11. The summed E-state index contributed by atoms with van der Waals surface area (Å²) in [5.74, 6) is -0.263. The highest BCUT2D eigenvalue weighted by Gasteiger charge is 2.11. The van der Waals surface area contributed by atoms with E-state index in [1.807, 2.05) is 14.1 Å². The van der Waals surface area contributed by atoms with Crippen LogP contribution in [0.25, 0.3) is 0 Å². The summed E-state index contributed by atoms with van der Waals surface area (Å²) < 4.78 is 0. The second-order valence-electron chi connectivity index (χ2n) is 4.09. The maximum Gasteiger partial charge on any atom is 0.228 e. The van der Waals surface area contributed by atoms with E-state index in [-0.39, 0.29) is 11.8 Å². The molecule has 88 valence electrons. The normalized spacial score (nSPS) is 10.5. The Bertz CT molecular complexity index is 215. The number of nitrogens with zero attached hydrogens (tertiary/aromatic N) is 2. The Hall–Kier alpha value is -0.900. The molecule has 0 radical (unpaired) electrons. The van der Waals surface area contributed by atoms with Gasteiger partial charge >= 0.3 is 0 Å². The molecule has 0 aromatic rings. The van der Waals surface area contributed by atoms with Crippen LogP contribution in [0.2, 0.25) is 0 Å². The molecule has 0 unspecified atom stereocenters. The van der Waals surface area contributed by atoms with Gasteiger partial charge < -0.3 is 4.90 Å². The lowest BCUT2D eigenvalue weighted by Gasteiger charge is -2.12. The van der Waals surface area contributed by atoms with Crippen molar-refractivity contribution >= 4 is 11.8 Å². The van der Waals surface area contributed by atoms with Crippen molar-refractivity contribution in [3.05, 3.63) is 0 Å². The van der Waals surface area contributed by atoms with Gasteiger partial charge in [0, 0.05) is 20.4 Å². The second kappa shape index (κ2) is 7.40.